The number of aldehydes is 1. The topological polar surface area (TPSA) is 17.1 Å². The van der Waals surface area contributed by atoms with Crippen LogP contribution in [0.2, 0.25) is 0 Å². The highest BCUT2D eigenvalue weighted by atomic mass is 16.1. The van der Waals surface area contributed by atoms with Crippen LogP contribution in [0.5, 0.6) is 0 Å². The molecule has 0 heterocycles. The Morgan fingerprint density at radius 1 is 1.10 bits per heavy atom. The second-order valence-electron chi connectivity index (χ2n) is 6.23. The molecule has 112 valence electrons. The van der Waals surface area contributed by atoms with Gasteiger partial charge in [-0.15, -0.1) is 0 Å². The Kier molecular flexibility index (Phi) is 7.49. The molecule has 20 heavy (non-hydrogen) atoms. The second-order valence-corrected chi connectivity index (χ2v) is 6.23. The first kappa shape index (κ1) is 18.6. The van der Waals surface area contributed by atoms with Gasteiger partial charge in [0.25, 0.3) is 0 Å². The molecule has 1 aromatic carbocycles. The molecule has 0 amide bonds. The van der Waals surface area contributed by atoms with E-state index >= 15 is 0 Å². The lowest BCUT2D eigenvalue weighted by Crippen LogP contribution is -2.12. The van der Waals surface area contributed by atoms with Crippen LogP contribution in [0.1, 0.15) is 78.0 Å². The largest absolute Gasteiger partial charge is 0.299 e. The molecule has 1 aromatic rings. The van der Waals surface area contributed by atoms with Gasteiger partial charge in [0.2, 0.25) is 0 Å². The maximum absolute atomic E-state index is 10.6. The van der Waals surface area contributed by atoms with Crippen LogP contribution < -0.4 is 0 Å². The zero-order valence-corrected chi connectivity index (χ0v) is 14.4. The first-order valence-electron chi connectivity index (χ1n) is 7.53. The van der Waals surface area contributed by atoms with Crippen LogP contribution in [0, 0.1) is 0 Å². The summed E-state index contributed by atoms with van der Waals surface area (Å²) in [4.78, 5) is 10.6. The highest BCUT2D eigenvalue weighted by Crippen LogP contribution is 2.29. The third kappa shape index (κ3) is 5.32. The van der Waals surface area contributed by atoms with E-state index in [2.05, 4.69) is 52.8 Å². The van der Waals surface area contributed by atoms with Crippen molar-refractivity contribution >= 4 is 11.9 Å². The van der Waals surface area contributed by atoms with Crippen LogP contribution in [-0.2, 0) is 10.2 Å². The van der Waals surface area contributed by atoms with Gasteiger partial charge in [-0.05, 0) is 46.6 Å². The summed E-state index contributed by atoms with van der Waals surface area (Å²) in [6.07, 6.45) is 2.49. The summed E-state index contributed by atoms with van der Waals surface area (Å²) in [6, 6.07) is 6.67. The maximum Gasteiger partial charge on any atom is 0.143 e. The standard InChI is InChI=1S/C17H24O.C2H6/c1-12(2)14-9-15(13(3)7-8-18)11-16(10-14)17(4,5)6;1-2/h7-12H,1-6H3;1-2H3/b13-7+;. The van der Waals surface area contributed by atoms with E-state index < -0.39 is 0 Å². The van der Waals surface area contributed by atoms with E-state index in [-0.39, 0.29) is 5.41 Å². The molecule has 0 unspecified atom stereocenters. The summed E-state index contributed by atoms with van der Waals surface area (Å²) in [7, 11) is 0. The number of carbonyl (C=O) groups is 1. The van der Waals surface area contributed by atoms with Crippen LogP contribution in [0.15, 0.2) is 24.3 Å². The molecule has 0 aliphatic carbocycles. The lowest BCUT2D eigenvalue weighted by atomic mass is 9.83. The smallest absolute Gasteiger partial charge is 0.143 e. The van der Waals surface area contributed by atoms with Crippen molar-refractivity contribution in [2.75, 3.05) is 0 Å². The molecule has 0 bridgehead atoms. The fourth-order valence-corrected chi connectivity index (χ4v) is 1.84. The van der Waals surface area contributed by atoms with E-state index in [0.717, 1.165) is 17.4 Å². The quantitative estimate of drug-likeness (QED) is 0.507. The molecule has 0 aliphatic rings. The molecule has 0 aliphatic heterocycles. The van der Waals surface area contributed by atoms with Crippen LogP contribution in [0.25, 0.3) is 5.57 Å². The summed E-state index contributed by atoms with van der Waals surface area (Å²) >= 11 is 0. The third-order valence-corrected chi connectivity index (χ3v) is 3.26. The normalized spacial score (nSPS) is 11.9. The Morgan fingerprint density at radius 3 is 2.05 bits per heavy atom. The van der Waals surface area contributed by atoms with Gasteiger partial charge in [-0.3, -0.25) is 4.79 Å². The molecule has 0 aromatic heterocycles. The average molecular weight is 274 g/mol. The van der Waals surface area contributed by atoms with Crippen molar-refractivity contribution in [3.63, 3.8) is 0 Å². The van der Waals surface area contributed by atoms with Crippen molar-refractivity contribution in [1.29, 1.82) is 0 Å². The van der Waals surface area contributed by atoms with Crippen molar-refractivity contribution < 1.29 is 4.79 Å². The average Bonchev–Trinajstić information content (AvgIpc) is 2.39. The van der Waals surface area contributed by atoms with Gasteiger partial charge in [-0.1, -0.05) is 66.7 Å². The fraction of sp³-hybridized carbons (Fsp3) is 0.526. The summed E-state index contributed by atoms with van der Waals surface area (Å²) in [5.41, 5.74) is 4.95. The van der Waals surface area contributed by atoms with Gasteiger partial charge in [0, 0.05) is 0 Å². The summed E-state index contributed by atoms with van der Waals surface area (Å²) in [5.74, 6) is 0.495. The third-order valence-electron chi connectivity index (χ3n) is 3.26. The van der Waals surface area contributed by atoms with Gasteiger partial charge in [0.05, 0.1) is 0 Å². The van der Waals surface area contributed by atoms with Crippen LogP contribution >= 0.6 is 0 Å². The minimum Gasteiger partial charge on any atom is -0.299 e. The van der Waals surface area contributed by atoms with Crippen LogP contribution in [-0.4, -0.2) is 6.29 Å². The van der Waals surface area contributed by atoms with Gasteiger partial charge >= 0.3 is 0 Å². The molecule has 0 N–H and O–H groups in total. The monoisotopic (exact) mass is 274 g/mol. The summed E-state index contributed by atoms with van der Waals surface area (Å²) in [6.45, 7) is 17.0. The van der Waals surface area contributed by atoms with Gasteiger partial charge in [0.1, 0.15) is 6.29 Å². The Labute approximate surface area is 125 Å². The van der Waals surface area contributed by atoms with E-state index in [0.29, 0.717) is 5.92 Å². The van der Waals surface area contributed by atoms with Crippen molar-refractivity contribution in [2.24, 2.45) is 0 Å². The molecular formula is C19H30O. The maximum atomic E-state index is 10.6. The first-order valence-corrected chi connectivity index (χ1v) is 7.53. The molecular weight excluding hydrogens is 244 g/mol. The lowest BCUT2D eigenvalue weighted by molar-refractivity contribution is -0.104. The molecule has 0 atom stereocenters. The van der Waals surface area contributed by atoms with Crippen molar-refractivity contribution in [1.82, 2.24) is 0 Å². The second kappa shape index (κ2) is 8.04. The van der Waals surface area contributed by atoms with Crippen molar-refractivity contribution in [3.05, 3.63) is 41.0 Å². The Bertz CT molecular complexity index is 459. The molecule has 1 nitrogen and oxygen atoms in total. The van der Waals surface area contributed by atoms with E-state index in [9.17, 15) is 4.79 Å². The fourth-order valence-electron chi connectivity index (χ4n) is 1.84. The number of hydrogen-bond donors (Lipinski definition) is 0. The zero-order chi connectivity index (χ0) is 15.9. The van der Waals surface area contributed by atoms with E-state index in [1.54, 1.807) is 6.08 Å². The molecule has 0 saturated heterocycles. The number of carbonyl (C=O) groups excluding carboxylic acids is 1. The van der Waals surface area contributed by atoms with E-state index in [1.807, 2.05) is 20.8 Å². The molecule has 0 saturated carbocycles. The van der Waals surface area contributed by atoms with Gasteiger partial charge in [-0.25, -0.2) is 0 Å². The summed E-state index contributed by atoms with van der Waals surface area (Å²) in [5, 5.41) is 0. The van der Waals surface area contributed by atoms with E-state index in [4.69, 9.17) is 0 Å². The molecule has 0 spiro atoms. The number of rotatable bonds is 3. The summed E-state index contributed by atoms with van der Waals surface area (Å²) < 4.78 is 0. The van der Waals surface area contributed by atoms with Crippen LogP contribution in [0.3, 0.4) is 0 Å². The molecule has 1 heteroatoms. The number of allylic oxidation sites excluding steroid dienone is 2. The number of benzene rings is 1. The Hall–Kier alpha value is -1.37. The zero-order valence-electron chi connectivity index (χ0n) is 14.4. The van der Waals surface area contributed by atoms with Crippen LogP contribution in [0.4, 0.5) is 0 Å². The van der Waals surface area contributed by atoms with Crippen molar-refractivity contribution in [3.8, 4) is 0 Å². The first-order chi connectivity index (χ1) is 9.25. The van der Waals surface area contributed by atoms with Gasteiger partial charge < -0.3 is 0 Å². The van der Waals surface area contributed by atoms with E-state index in [1.165, 1.54) is 11.1 Å². The van der Waals surface area contributed by atoms with Crippen molar-refractivity contribution in [2.45, 2.75) is 66.7 Å². The minimum absolute atomic E-state index is 0.126. The molecule has 0 radical (unpaired) electrons. The molecule has 1 rings (SSSR count). The lowest BCUT2D eigenvalue weighted by Gasteiger charge is -2.22. The number of hydrogen-bond acceptors (Lipinski definition) is 1. The predicted molar refractivity (Wildman–Crippen MR) is 90.3 cm³/mol. The highest BCUT2D eigenvalue weighted by Gasteiger charge is 2.16. The minimum atomic E-state index is 0.126. The Morgan fingerprint density at radius 2 is 1.65 bits per heavy atom. The molecule has 0 fully saturated rings. The van der Waals surface area contributed by atoms with Gasteiger partial charge in [0.15, 0.2) is 0 Å². The Balaban J connectivity index is 0.00000172. The SMILES string of the molecule is C/C(=C\C=O)c1cc(C(C)C)cc(C(C)(C)C)c1.CC. The highest BCUT2D eigenvalue weighted by molar-refractivity contribution is 5.81. The van der Waals surface area contributed by atoms with Gasteiger partial charge in [-0.2, -0.15) is 0 Å². The predicted octanol–water partition coefficient (Wildman–Crippen LogP) is 5.74.